The van der Waals surface area contributed by atoms with E-state index in [4.69, 9.17) is 5.73 Å². The third kappa shape index (κ3) is 3.18. The number of H-pyrrole nitrogens is 1. The van der Waals surface area contributed by atoms with E-state index in [1.165, 1.54) is 0 Å². The van der Waals surface area contributed by atoms with Crippen LogP contribution in [0.1, 0.15) is 34.7 Å². The maximum Gasteiger partial charge on any atom is 0.253 e. The number of nitrogens with zero attached hydrogens (tertiary/aromatic N) is 3. The van der Waals surface area contributed by atoms with Gasteiger partial charge in [0.25, 0.3) is 5.91 Å². The number of hydrogen-bond donors (Lipinski definition) is 3. The van der Waals surface area contributed by atoms with Crippen LogP contribution in [0.2, 0.25) is 0 Å². The Balaban J connectivity index is 2.17. The second kappa shape index (κ2) is 6.45. The largest absolute Gasteiger partial charge is 0.342 e. The van der Waals surface area contributed by atoms with Gasteiger partial charge in [0.15, 0.2) is 5.82 Å². The molecule has 0 aliphatic heterocycles. The van der Waals surface area contributed by atoms with Crippen LogP contribution in [0.15, 0.2) is 24.3 Å². The Morgan fingerprint density at radius 3 is 3.00 bits per heavy atom. The van der Waals surface area contributed by atoms with Gasteiger partial charge in [-0.05, 0) is 19.1 Å². The topological polar surface area (TPSA) is 110 Å². The van der Waals surface area contributed by atoms with Crippen LogP contribution in [0.3, 0.4) is 0 Å². The Morgan fingerprint density at radius 2 is 2.30 bits per heavy atom. The van der Waals surface area contributed by atoms with Crippen molar-refractivity contribution in [2.45, 2.75) is 13.0 Å². The Labute approximate surface area is 116 Å². The number of carbonyl (C=O) groups excluding carboxylic acids is 1. The molecule has 0 aliphatic carbocycles. The summed E-state index contributed by atoms with van der Waals surface area (Å²) in [6, 6.07) is 6.73. The molecule has 1 aromatic heterocycles. The van der Waals surface area contributed by atoms with Crippen LogP contribution in [0.5, 0.6) is 0 Å². The highest BCUT2D eigenvalue weighted by Crippen LogP contribution is 2.10. The first-order valence-corrected chi connectivity index (χ1v) is 6.04. The van der Waals surface area contributed by atoms with Gasteiger partial charge in [-0.15, -0.1) is 10.2 Å². The van der Waals surface area contributed by atoms with E-state index < -0.39 is 0 Å². The lowest BCUT2D eigenvalue weighted by Gasteiger charge is -2.11. The van der Waals surface area contributed by atoms with Crippen molar-refractivity contribution in [1.82, 2.24) is 25.9 Å². The monoisotopic (exact) mass is 270 g/mol. The summed E-state index contributed by atoms with van der Waals surface area (Å²) in [6.07, 6.45) is 0. The highest BCUT2D eigenvalue weighted by molar-refractivity contribution is 5.96. The Hall–Kier alpha value is -2.72. The predicted molar refractivity (Wildman–Crippen MR) is 72.4 cm³/mol. The van der Waals surface area contributed by atoms with Crippen molar-refractivity contribution in [3.8, 4) is 11.8 Å². The van der Waals surface area contributed by atoms with Crippen molar-refractivity contribution in [1.29, 1.82) is 0 Å². The maximum absolute atomic E-state index is 12.2. The predicted octanol–water partition coefficient (Wildman–Crippen LogP) is 0.000900. The van der Waals surface area contributed by atoms with Crippen molar-refractivity contribution < 1.29 is 4.79 Å². The second-order valence-corrected chi connectivity index (χ2v) is 4.02. The summed E-state index contributed by atoms with van der Waals surface area (Å²) >= 11 is 0. The van der Waals surface area contributed by atoms with Gasteiger partial charge in [0.05, 0.1) is 18.2 Å². The van der Waals surface area contributed by atoms with Crippen LogP contribution < -0.4 is 11.1 Å². The number of tetrazole rings is 1. The van der Waals surface area contributed by atoms with E-state index in [1.807, 2.05) is 6.07 Å². The molecule has 7 nitrogen and oxygen atoms in total. The van der Waals surface area contributed by atoms with Gasteiger partial charge in [-0.3, -0.25) is 4.79 Å². The van der Waals surface area contributed by atoms with Crippen molar-refractivity contribution in [2.24, 2.45) is 5.73 Å². The minimum Gasteiger partial charge on any atom is -0.342 e. The van der Waals surface area contributed by atoms with E-state index in [0.29, 0.717) is 17.0 Å². The third-order valence-electron chi connectivity index (χ3n) is 2.59. The van der Waals surface area contributed by atoms with Crippen LogP contribution in [0.25, 0.3) is 0 Å². The van der Waals surface area contributed by atoms with Crippen LogP contribution in [0.4, 0.5) is 0 Å². The van der Waals surface area contributed by atoms with Crippen molar-refractivity contribution in [2.75, 3.05) is 6.54 Å². The Kier molecular flexibility index (Phi) is 4.42. The van der Waals surface area contributed by atoms with E-state index in [2.05, 4.69) is 37.8 Å². The van der Waals surface area contributed by atoms with Crippen LogP contribution >= 0.6 is 0 Å². The van der Waals surface area contributed by atoms with Gasteiger partial charge < -0.3 is 11.1 Å². The molecule has 1 unspecified atom stereocenters. The summed E-state index contributed by atoms with van der Waals surface area (Å²) in [6.45, 7) is 2.02. The zero-order valence-corrected chi connectivity index (χ0v) is 10.9. The molecule has 0 fully saturated rings. The SMILES string of the molecule is CC(NC(=O)c1ccccc1C#CCN)c1nn[nH]n1. The number of aromatic amines is 1. The normalized spacial score (nSPS) is 11.3. The molecule has 0 spiro atoms. The van der Waals surface area contributed by atoms with Crippen molar-refractivity contribution in [3.63, 3.8) is 0 Å². The summed E-state index contributed by atoms with van der Waals surface area (Å²) in [4.78, 5) is 12.2. The number of nitrogens with one attached hydrogen (secondary N) is 2. The molecule has 20 heavy (non-hydrogen) atoms. The minimum atomic E-state index is -0.350. The summed E-state index contributed by atoms with van der Waals surface area (Å²) in [5.74, 6) is 5.79. The summed E-state index contributed by atoms with van der Waals surface area (Å²) in [5.41, 5.74) is 6.47. The van der Waals surface area contributed by atoms with Crippen LogP contribution in [-0.4, -0.2) is 33.1 Å². The first-order valence-electron chi connectivity index (χ1n) is 6.04. The van der Waals surface area contributed by atoms with Crippen molar-refractivity contribution >= 4 is 5.91 Å². The molecule has 2 rings (SSSR count). The molecule has 0 aliphatic rings. The van der Waals surface area contributed by atoms with Gasteiger partial charge >= 0.3 is 0 Å². The number of nitrogens with two attached hydrogens (primary N) is 1. The highest BCUT2D eigenvalue weighted by atomic mass is 16.1. The lowest BCUT2D eigenvalue weighted by atomic mass is 10.1. The molecule has 0 saturated carbocycles. The zero-order valence-electron chi connectivity index (χ0n) is 10.9. The summed E-state index contributed by atoms with van der Waals surface area (Å²) in [5, 5.41) is 16.3. The fraction of sp³-hybridized carbons (Fsp3) is 0.231. The molecular weight excluding hydrogens is 256 g/mol. The quantitative estimate of drug-likeness (QED) is 0.680. The van der Waals surface area contributed by atoms with E-state index >= 15 is 0 Å². The first-order chi connectivity index (χ1) is 9.72. The number of rotatable bonds is 3. The Morgan fingerprint density at radius 1 is 1.50 bits per heavy atom. The van der Waals surface area contributed by atoms with Gasteiger partial charge in [-0.25, -0.2) is 0 Å². The molecule has 0 bridgehead atoms. The van der Waals surface area contributed by atoms with Gasteiger partial charge in [0.1, 0.15) is 0 Å². The molecule has 4 N–H and O–H groups in total. The molecule has 1 amide bonds. The van der Waals surface area contributed by atoms with E-state index in [0.717, 1.165) is 0 Å². The van der Waals surface area contributed by atoms with E-state index in [-0.39, 0.29) is 18.5 Å². The smallest absolute Gasteiger partial charge is 0.253 e. The van der Waals surface area contributed by atoms with E-state index in [9.17, 15) is 4.79 Å². The first kappa shape index (κ1) is 13.7. The average Bonchev–Trinajstić information content (AvgIpc) is 2.99. The molecule has 102 valence electrons. The molecule has 7 heteroatoms. The van der Waals surface area contributed by atoms with E-state index in [1.54, 1.807) is 25.1 Å². The number of amides is 1. The standard InChI is InChI=1S/C13H14N6O/c1-9(12-16-18-19-17-12)15-13(20)11-7-3-2-5-10(11)6-4-8-14/h2-3,5,7,9H,8,14H2,1H3,(H,15,20)(H,16,17,18,19). The Bertz CT molecular complexity index is 640. The molecule has 0 saturated heterocycles. The average molecular weight is 270 g/mol. The van der Waals surface area contributed by atoms with Crippen molar-refractivity contribution in [3.05, 3.63) is 41.2 Å². The molecule has 0 radical (unpaired) electrons. The number of aromatic nitrogens is 4. The molecule has 1 heterocycles. The van der Waals surface area contributed by atoms with Gasteiger partial charge in [0.2, 0.25) is 0 Å². The van der Waals surface area contributed by atoms with Crippen LogP contribution in [0, 0.1) is 11.8 Å². The lowest BCUT2D eigenvalue weighted by molar-refractivity contribution is 0.0938. The zero-order chi connectivity index (χ0) is 14.4. The minimum absolute atomic E-state index is 0.245. The summed E-state index contributed by atoms with van der Waals surface area (Å²) < 4.78 is 0. The fourth-order valence-corrected chi connectivity index (χ4v) is 1.63. The number of hydrogen-bond acceptors (Lipinski definition) is 5. The number of carbonyl (C=O) groups is 1. The number of benzene rings is 1. The van der Waals surface area contributed by atoms with Crippen LogP contribution in [-0.2, 0) is 0 Å². The molecule has 1 atom stereocenters. The highest BCUT2D eigenvalue weighted by Gasteiger charge is 2.16. The third-order valence-corrected chi connectivity index (χ3v) is 2.59. The second-order valence-electron chi connectivity index (χ2n) is 4.02. The lowest BCUT2D eigenvalue weighted by Crippen LogP contribution is -2.28. The molecule has 2 aromatic rings. The summed E-state index contributed by atoms with van der Waals surface area (Å²) in [7, 11) is 0. The van der Waals surface area contributed by atoms with Gasteiger partial charge in [-0.1, -0.05) is 29.2 Å². The van der Waals surface area contributed by atoms with Gasteiger partial charge in [-0.2, -0.15) is 5.21 Å². The molecule has 1 aromatic carbocycles. The maximum atomic E-state index is 12.2. The fourth-order valence-electron chi connectivity index (χ4n) is 1.63. The molecular formula is C13H14N6O. The van der Waals surface area contributed by atoms with Gasteiger partial charge in [0, 0.05) is 5.56 Å².